The van der Waals surface area contributed by atoms with Crippen LogP contribution in [-0.4, -0.2) is 34.0 Å². The van der Waals surface area contributed by atoms with E-state index < -0.39 is 17.7 Å². The number of nitrogens with zero attached hydrogens (tertiary/aromatic N) is 2. The monoisotopic (exact) mass is 442 g/mol. The molecule has 1 aliphatic heterocycles. The minimum Gasteiger partial charge on any atom is -0.507 e. The number of hydrogen-bond acceptors (Lipinski definition) is 7. The van der Waals surface area contributed by atoms with Crippen LogP contribution in [0, 0.1) is 0 Å². The van der Waals surface area contributed by atoms with Gasteiger partial charge >= 0.3 is 5.91 Å². The maximum absolute atomic E-state index is 13.0. The molecule has 1 saturated heterocycles. The van der Waals surface area contributed by atoms with E-state index >= 15 is 0 Å². The van der Waals surface area contributed by atoms with E-state index in [0.717, 1.165) is 0 Å². The number of thiazole rings is 1. The van der Waals surface area contributed by atoms with Gasteiger partial charge in [-0.25, -0.2) is 4.98 Å². The summed E-state index contributed by atoms with van der Waals surface area (Å²) in [5.41, 5.74) is 0.715. The number of aliphatic hydroxyl groups excluding tert-OH is 1. The zero-order valence-corrected chi connectivity index (χ0v) is 17.1. The van der Waals surface area contributed by atoms with E-state index in [1.807, 2.05) is 0 Å². The third kappa shape index (κ3) is 3.30. The van der Waals surface area contributed by atoms with Gasteiger partial charge in [0.05, 0.1) is 18.7 Å². The molecule has 2 heterocycles. The minimum absolute atomic E-state index is 0.0923. The number of methoxy groups -OCH3 is 1. The summed E-state index contributed by atoms with van der Waals surface area (Å²) in [4.78, 5) is 31.3. The van der Waals surface area contributed by atoms with Crippen molar-refractivity contribution in [3.05, 3.63) is 75.8 Å². The van der Waals surface area contributed by atoms with Crippen LogP contribution in [0.1, 0.15) is 17.2 Å². The molecule has 2 N–H and O–H groups in total. The lowest BCUT2D eigenvalue weighted by Crippen LogP contribution is -2.29. The van der Waals surface area contributed by atoms with Crippen LogP contribution in [-0.2, 0) is 9.59 Å². The maximum atomic E-state index is 13.0. The Morgan fingerprint density at radius 3 is 2.57 bits per heavy atom. The molecule has 1 atom stereocenters. The molecule has 30 heavy (non-hydrogen) atoms. The molecule has 0 radical (unpaired) electrons. The van der Waals surface area contributed by atoms with Crippen LogP contribution >= 0.6 is 22.9 Å². The first-order chi connectivity index (χ1) is 14.4. The van der Waals surface area contributed by atoms with Crippen molar-refractivity contribution in [2.75, 3.05) is 12.0 Å². The highest BCUT2D eigenvalue weighted by Crippen LogP contribution is 2.44. The van der Waals surface area contributed by atoms with Crippen molar-refractivity contribution >= 4 is 45.5 Å². The number of halogens is 1. The Labute approximate surface area is 180 Å². The zero-order chi connectivity index (χ0) is 21.4. The van der Waals surface area contributed by atoms with Crippen molar-refractivity contribution in [3.8, 4) is 11.5 Å². The summed E-state index contributed by atoms with van der Waals surface area (Å²) in [6, 6.07) is 9.79. The third-order valence-electron chi connectivity index (χ3n) is 4.71. The number of anilines is 1. The second-order valence-electron chi connectivity index (χ2n) is 6.42. The van der Waals surface area contributed by atoms with Gasteiger partial charge in [0.25, 0.3) is 5.78 Å². The Kier molecular flexibility index (Phi) is 5.19. The largest absolute Gasteiger partial charge is 0.507 e. The molecule has 9 heteroatoms. The third-order valence-corrected chi connectivity index (χ3v) is 5.73. The number of phenols is 1. The molecule has 0 aliphatic carbocycles. The predicted octanol–water partition coefficient (Wildman–Crippen LogP) is 4.14. The second-order valence-corrected chi connectivity index (χ2v) is 7.73. The van der Waals surface area contributed by atoms with Crippen molar-refractivity contribution in [2.24, 2.45) is 0 Å². The van der Waals surface area contributed by atoms with Crippen molar-refractivity contribution in [1.29, 1.82) is 0 Å². The molecule has 0 spiro atoms. The van der Waals surface area contributed by atoms with Gasteiger partial charge in [0, 0.05) is 22.2 Å². The first-order valence-corrected chi connectivity index (χ1v) is 10.0. The summed E-state index contributed by atoms with van der Waals surface area (Å²) in [5.74, 6) is -1.90. The fourth-order valence-electron chi connectivity index (χ4n) is 3.31. The molecule has 1 amide bonds. The van der Waals surface area contributed by atoms with E-state index in [1.165, 1.54) is 41.7 Å². The number of ether oxygens (including phenoxy) is 1. The van der Waals surface area contributed by atoms with Gasteiger partial charge in [0.15, 0.2) is 16.6 Å². The number of phenolic OH excluding ortho intramolecular Hbond substituents is 1. The van der Waals surface area contributed by atoms with Gasteiger partial charge in [-0.1, -0.05) is 17.7 Å². The van der Waals surface area contributed by atoms with Crippen LogP contribution in [0.3, 0.4) is 0 Å². The highest BCUT2D eigenvalue weighted by atomic mass is 35.5. The van der Waals surface area contributed by atoms with Gasteiger partial charge in [0.1, 0.15) is 5.76 Å². The van der Waals surface area contributed by atoms with Gasteiger partial charge < -0.3 is 14.9 Å². The molecule has 4 rings (SSSR count). The molecule has 1 fully saturated rings. The molecule has 1 aliphatic rings. The number of carbonyl (C=O) groups is 2. The first kappa shape index (κ1) is 19.9. The van der Waals surface area contributed by atoms with Crippen LogP contribution in [0.25, 0.3) is 5.76 Å². The molecule has 2 aromatic carbocycles. The van der Waals surface area contributed by atoms with E-state index in [-0.39, 0.29) is 22.8 Å². The first-order valence-electron chi connectivity index (χ1n) is 8.75. The fraction of sp³-hybridized carbons (Fsp3) is 0.0952. The highest BCUT2D eigenvalue weighted by Gasteiger charge is 2.48. The van der Waals surface area contributed by atoms with E-state index in [2.05, 4.69) is 4.98 Å². The molecule has 3 aromatic rings. The van der Waals surface area contributed by atoms with Gasteiger partial charge in [-0.05, 0) is 42.0 Å². The maximum Gasteiger partial charge on any atom is 0.301 e. The summed E-state index contributed by atoms with van der Waals surface area (Å²) in [6.07, 6.45) is 1.52. The topological polar surface area (TPSA) is 100.0 Å². The van der Waals surface area contributed by atoms with E-state index in [0.29, 0.717) is 21.3 Å². The fourth-order valence-corrected chi connectivity index (χ4v) is 4.10. The molecule has 7 nitrogen and oxygen atoms in total. The number of rotatable bonds is 4. The minimum atomic E-state index is -0.957. The Balaban J connectivity index is 1.95. The lowest BCUT2D eigenvalue weighted by atomic mass is 9.95. The Morgan fingerprint density at radius 1 is 1.20 bits per heavy atom. The standard InChI is InChI=1S/C21H15ClN2O5S/c1-29-15-10-12(4-7-14(15)25)17-16(18(26)11-2-5-13(22)6-3-11)19(27)20(28)24(17)21-23-8-9-30-21/h2-10,17,25-26H,1H3/t17-/m0/s1. The van der Waals surface area contributed by atoms with Gasteiger partial charge in [0.2, 0.25) is 0 Å². The zero-order valence-electron chi connectivity index (χ0n) is 15.6. The number of aliphatic hydroxyl groups is 1. The van der Waals surface area contributed by atoms with Crippen molar-refractivity contribution < 1.29 is 24.5 Å². The molecule has 0 unspecified atom stereocenters. The van der Waals surface area contributed by atoms with Crippen molar-refractivity contribution in [2.45, 2.75) is 6.04 Å². The van der Waals surface area contributed by atoms with E-state index in [4.69, 9.17) is 16.3 Å². The normalized spacial score (nSPS) is 18.1. The average molecular weight is 443 g/mol. The predicted molar refractivity (Wildman–Crippen MR) is 113 cm³/mol. The highest BCUT2D eigenvalue weighted by molar-refractivity contribution is 7.14. The number of benzene rings is 2. The van der Waals surface area contributed by atoms with Crippen LogP contribution in [0.5, 0.6) is 11.5 Å². The summed E-state index contributed by atoms with van der Waals surface area (Å²) in [7, 11) is 1.39. The molecular formula is C21H15ClN2O5S. The molecule has 0 saturated carbocycles. The Hall–Kier alpha value is -3.36. The number of ketones is 1. The van der Waals surface area contributed by atoms with Gasteiger partial charge in [-0.2, -0.15) is 0 Å². The Bertz CT molecular complexity index is 1160. The SMILES string of the molecule is COc1cc([C@H]2C(=C(O)c3ccc(Cl)cc3)C(=O)C(=O)N2c2nccs2)ccc1O. The number of hydrogen-bond donors (Lipinski definition) is 2. The van der Waals surface area contributed by atoms with Crippen LogP contribution in [0.4, 0.5) is 5.13 Å². The smallest absolute Gasteiger partial charge is 0.301 e. The lowest BCUT2D eigenvalue weighted by Gasteiger charge is -2.23. The summed E-state index contributed by atoms with van der Waals surface area (Å²) in [6.45, 7) is 0. The number of Topliss-reactive ketones (excluding diaryl/α,β-unsaturated/α-hetero) is 1. The molecule has 0 bridgehead atoms. The molecular weight excluding hydrogens is 428 g/mol. The van der Waals surface area contributed by atoms with Crippen LogP contribution < -0.4 is 9.64 Å². The number of amides is 1. The average Bonchev–Trinajstić information content (AvgIpc) is 3.35. The molecule has 1 aromatic heterocycles. The number of aromatic hydroxyl groups is 1. The van der Waals surface area contributed by atoms with Crippen LogP contribution in [0.2, 0.25) is 5.02 Å². The van der Waals surface area contributed by atoms with Crippen LogP contribution in [0.15, 0.2) is 59.6 Å². The van der Waals surface area contributed by atoms with E-state index in [9.17, 15) is 19.8 Å². The number of aromatic nitrogens is 1. The van der Waals surface area contributed by atoms with Crippen molar-refractivity contribution in [3.63, 3.8) is 0 Å². The van der Waals surface area contributed by atoms with E-state index in [1.54, 1.807) is 35.7 Å². The Morgan fingerprint density at radius 2 is 1.93 bits per heavy atom. The lowest BCUT2D eigenvalue weighted by molar-refractivity contribution is -0.132. The van der Waals surface area contributed by atoms with Gasteiger partial charge in [-0.3, -0.25) is 14.5 Å². The summed E-state index contributed by atoms with van der Waals surface area (Å²) < 4.78 is 5.17. The summed E-state index contributed by atoms with van der Waals surface area (Å²) in [5, 5.41) is 23.4. The molecule has 152 valence electrons. The van der Waals surface area contributed by atoms with Crippen molar-refractivity contribution in [1.82, 2.24) is 4.98 Å². The number of carbonyl (C=O) groups excluding carboxylic acids is 2. The quantitative estimate of drug-likeness (QED) is 0.358. The second kappa shape index (κ2) is 7.81. The van der Waals surface area contributed by atoms with Gasteiger partial charge in [-0.15, -0.1) is 11.3 Å². The summed E-state index contributed by atoms with van der Waals surface area (Å²) >= 11 is 7.11.